The zero-order chi connectivity index (χ0) is 24.6. The number of carbonyl (C=O) groups is 2. The first-order valence-electron chi connectivity index (χ1n) is 14.3. The van der Waals surface area contributed by atoms with E-state index in [1.165, 1.54) is 6.42 Å². The van der Waals surface area contributed by atoms with E-state index in [1.807, 2.05) is 7.05 Å². The van der Waals surface area contributed by atoms with Crippen LogP contribution in [-0.2, 0) is 14.3 Å². The lowest BCUT2D eigenvalue weighted by Crippen LogP contribution is -2.63. The molecule has 2 heterocycles. The van der Waals surface area contributed by atoms with Crippen LogP contribution in [0.3, 0.4) is 0 Å². The summed E-state index contributed by atoms with van der Waals surface area (Å²) in [4.78, 5) is 26.9. The molecule has 194 valence electrons. The van der Waals surface area contributed by atoms with Gasteiger partial charge in [0.1, 0.15) is 6.61 Å². The van der Waals surface area contributed by atoms with Gasteiger partial charge in [-0.15, -0.1) is 0 Å². The molecule has 4 aliphatic carbocycles. The zero-order valence-corrected chi connectivity index (χ0v) is 21.9. The molecule has 0 bridgehead atoms. The highest BCUT2D eigenvalue weighted by Gasteiger charge is 2.67. The average Bonchev–Trinajstić information content (AvgIpc) is 3.57. The number of carbonyl (C=O) groups excluding carboxylic acids is 2. The van der Waals surface area contributed by atoms with E-state index in [1.54, 1.807) is 6.08 Å². The van der Waals surface area contributed by atoms with Crippen LogP contribution < -0.4 is 5.32 Å². The van der Waals surface area contributed by atoms with Crippen LogP contribution in [0.2, 0.25) is 0 Å². The first-order chi connectivity index (χ1) is 16.7. The van der Waals surface area contributed by atoms with Crippen LogP contribution in [0, 0.1) is 34.5 Å². The Labute approximate surface area is 210 Å². The summed E-state index contributed by atoms with van der Waals surface area (Å²) in [6.45, 7) is 6.18. The fourth-order valence-corrected chi connectivity index (χ4v) is 10.1. The Hall–Kier alpha value is -1.40. The van der Waals surface area contributed by atoms with Gasteiger partial charge in [-0.2, -0.15) is 0 Å². The van der Waals surface area contributed by atoms with Gasteiger partial charge in [0.2, 0.25) is 5.91 Å². The second-order valence-electron chi connectivity index (χ2n) is 13.3. The van der Waals surface area contributed by atoms with Crippen molar-refractivity contribution < 1.29 is 19.4 Å². The molecule has 5 fully saturated rings. The average molecular weight is 485 g/mol. The van der Waals surface area contributed by atoms with Crippen LogP contribution in [0.5, 0.6) is 0 Å². The van der Waals surface area contributed by atoms with Gasteiger partial charge in [-0.05, 0) is 112 Å². The summed E-state index contributed by atoms with van der Waals surface area (Å²) >= 11 is 0. The number of likely N-dealkylation sites (N-methyl/N-ethyl adjacent to an activating group) is 1. The summed E-state index contributed by atoms with van der Waals surface area (Å²) in [6.07, 6.45) is 13.4. The van der Waals surface area contributed by atoms with Gasteiger partial charge in [0.25, 0.3) is 0 Å². The van der Waals surface area contributed by atoms with Crippen molar-refractivity contribution in [2.45, 2.75) is 102 Å². The fraction of sp³-hybridized carbons (Fsp3) is 0.862. The van der Waals surface area contributed by atoms with E-state index in [0.29, 0.717) is 30.4 Å². The van der Waals surface area contributed by atoms with Crippen molar-refractivity contribution in [3.63, 3.8) is 0 Å². The maximum atomic E-state index is 13.1. The van der Waals surface area contributed by atoms with Gasteiger partial charge < -0.3 is 20.1 Å². The highest BCUT2D eigenvalue weighted by Crippen LogP contribution is 2.70. The van der Waals surface area contributed by atoms with E-state index < -0.39 is 5.60 Å². The first-order valence-corrected chi connectivity index (χ1v) is 14.3. The van der Waals surface area contributed by atoms with Crippen LogP contribution in [0.1, 0.15) is 84.5 Å². The highest BCUT2D eigenvalue weighted by molar-refractivity contribution is 5.85. The summed E-state index contributed by atoms with van der Waals surface area (Å²) in [7, 11) is 2.03. The third-order valence-corrected chi connectivity index (χ3v) is 12.2. The Balaban J connectivity index is 1.19. The lowest BCUT2D eigenvalue weighted by Gasteiger charge is -2.64. The molecule has 6 aliphatic rings. The van der Waals surface area contributed by atoms with E-state index in [4.69, 9.17) is 4.74 Å². The van der Waals surface area contributed by atoms with Gasteiger partial charge in [0.15, 0.2) is 0 Å². The van der Waals surface area contributed by atoms with Crippen molar-refractivity contribution in [1.82, 2.24) is 10.2 Å². The van der Waals surface area contributed by atoms with Crippen molar-refractivity contribution in [2.24, 2.45) is 34.5 Å². The quantitative estimate of drug-likeness (QED) is 0.596. The predicted octanol–water partition coefficient (Wildman–Crippen LogP) is 3.82. The van der Waals surface area contributed by atoms with Gasteiger partial charge in [0, 0.05) is 24.6 Å². The number of cyclic esters (lactones) is 1. The van der Waals surface area contributed by atoms with E-state index in [9.17, 15) is 14.7 Å². The molecule has 0 radical (unpaired) electrons. The summed E-state index contributed by atoms with van der Waals surface area (Å²) < 4.78 is 5.26. The van der Waals surface area contributed by atoms with Gasteiger partial charge in [-0.3, -0.25) is 4.79 Å². The fourth-order valence-electron chi connectivity index (χ4n) is 10.1. The van der Waals surface area contributed by atoms with Crippen LogP contribution in [0.25, 0.3) is 0 Å². The smallest absolute Gasteiger partial charge is 0.331 e. The molecule has 35 heavy (non-hydrogen) atoms. The van der Waals surface area contributed by atoms with Gasteiger partial charge in [-0.1, -0.05) is 13.8 Å². The van der Waals surface area contributed by atoms with E-state index in [-0.39, 0.29) is 34.7 Å². The van der Waals surface area contributed by atoms with Crippen LogP contribution in [0.15, 0.2) is 11.6 Å². The molecule has 6 rings (SSSR count). The van der Waals surface area contributed by atoms with E-state index in [2.05, 4.69) is 24.1 Å². The largest absolute Gasteiger partial charge is 0.458 e. The molecule has 0 aromatic rings. The van der Waals surface area contributed by atoms with Crippen molar-refractivity contribution in [1.29, 1.82) is 0 Å². The van der Waals surface area contributed by atoms with E-state index in [0.717, 1.165) is 76.3 Å². The predicted molar refractivity (Wildman–Crippen MR) is 133 cm³/mol. The lowest BCUT2D eigenvalue weighted by molar-refractivity contribution is -0.206. The van der Waals surface area contributed by atoms with Crippen molar-refractivity contribution in [3.05, 3.63) is 11.6 Å². The third-order valence-electron chi connectivity index (χ3n) is 12.2. The van der Waals surface area contributed by atoms with E-state index >= 15 is 0 Å². The normalized spacial score (nSPS) is 49.0. The van der Waals surface area contributed by atoms with Gasteiger partial charge in [-0.25, -0.2) is 4.79 Å². The molecule has 0 aromatic heterocycles. The molecule has 9 atom stereocenters. The number of amides is 1. The number of aliphatic hydroxyl groups is 1. The second kappa shape index (κ2) is 8.31. The minimum absolute atomic E-state index is 0.0142. The topological polar surface area (TPSA) is 78.9 Å². The summed E-state index contributed by atoms with van der Waals surface area (Å²) in [5, 5.41) is 15.8. The molecule has 2 aliphatic heterocycles. The monoisotopic (exact) mass is 484 g/mol. The Morgan fingerprint density at radius 3 is 2.63 bits per heavy atom. The third kappa shape index (κ3) is 3.41. The number of fused-ring (bicyclic) bond motifs is 5. The molecule has 6 nitrogen and oxygen atoms in total. The minimum Gasteiger partial charge on any atom is -0.458 e. The molecule has 0 spiro atoms. The number of hydrogen-bond donors (Lipinski definition) is 2. The molecular formula is C29H44N2O4. The number of esters is 1. The van der Waals surface area contributed by atoms with Gasteiger partial charge in [0.05, 0.1) is 11.6 Å². The molecule has 1 unspecified atom stereocenters. The van der Waals surface area contributed by atoms with Crippen LogP contribution in [-0.4, -0.2) is 59.8 Å². The maximum absolute atomic E-state index is 13.1. The summed E-state index contributed by atoms with van der Waals surface area (Å²) in [5.41, 5.74) is 0.529. The summed E-state index contributed by atoms with van der Waals surface area (Å²) in [6, 6.07) is 0.361. The minimum atomic E-state index is -0.654. The number of hydrogen-bond acceptors (Lipinski definition) is 5. The number of nitrogens with zero attached hydrogens (tertiary/aromatic N) is 1. The SMILES string of the molecule is CN(C(=O)C1CCCN1)[C@H]1CC[C@@]2(C)[C@H](CC[C@@H]3[C@@H]2CC[C@]2(C)[C@@H](C4=CC(=O)OC4)CC[C@]32O)C1. The van der Waals surface area contributed by atoms with Crippen molar-refractivity contribution in [2.75, 3.05) is 20.2 Å². The van der Waals surface area contributed by atoms with Crippen LogP contribution >= 0.6 is 0 Å². The molecule has 2 N–H and O–H groups in total. The number of nitrogens with one attached hydrogen (secondary N) is 1. The first kappa shape index (κ1) is 24.0. The molecular weight excluding hydrogens is 440 g/mol. The number of ether oxygens (including phenoxy) is 1. The zero-order valence-electron chi connectivity index (χ0n) is 21.9. The standard InChI is InChI=1S/C29H44N2O4/c1-27-11-8-20(31(3)26(33)24-5-4-14-30-24)16-19(27)6-7-23-22(27)9-12-28(2)21(10-13-29(23,28)34)18-15-25(32)35-17-18/h15,19-24,30,34H,4-14,16-17H2,1-3H3/t19-,20+,21-,22+,23-,24?,27+,28-,29+/m1/s1. The van der Waals surface area contributed by atoms with Crippen molar-refractivity contribution in [3.8, 4) is 0 Å². The Bertz CT molecular complexity index is 928. The molecule has 4 saturated carbocycles. The highest BCUT2D eigenvalue weighted by atomic mass is 16.5. The lowest BCUT2D eigenvalue weighted by atomic mass is 9.43. The molecule has 1 amide bonds. The molecule has 1 saturated heterocycles. The Morgan fingerprint density at radius 2 is 1.91 bits per heavy atom. The Morgan fingerprint density at radius 1 is 1.09 bits per heavy atom. The second-order valence-corrected chi connectivity index (χ2v) is 13.3. The van der Waals surface area contributed by atoms with Gasteiger partial charge >= 0.3 is 5.97 Å². The Kier molecular flexibility index (Phi) is 5.69. The van der Waals surface area contributed by atoms with Crippen molar-refractivity contribution >= 4 is 11.9 Å². The number of rotatable bonds is 3. The molecule has 6 heteroatoms. The molecule has 0 aromatic carbocycles. The summed E-state index contributed by atoms with van der Waals surface area (Å²) in [5.74, 6) is 1.84. The maximum Gasteiger partial charge on any atom is 0.331 e. The van der Waals surface area contributed by atoms with Crippen LogP contribution in [0.4, 0.5) is 0 Å².